The number of aliphatic imine (C=N–C) groups is 2. The highest BCUT2D eigenvalue weighted by atomic mass is 32.3. The zero-order chi connectivity index (χ0) is 29.5. The summed E-state index contributed by atoms with van der Waals surface area (Å²) in [6.45, 7) is 1.08. The molecular formula is C24H52N6O8S. The van der Waals surface area contributed by atoms with Crippen LogP contribution in [0.5, 0.6) is 0 Å². The Morgan fingerprint density at radius 3 is 1.15 bits per heavy atom. The van der Waals surface area contributed by atoms with Crippen molar-refractivity contribution in [1.82, 2.24) is 0 Å². The molecule has 2 fully saturated rings. The van der Waals surface area contributed by atoms with E-state index in [1.807, 2.05) is 0 Å². The number of aliphatic hydroxyl groups is 2. The van der Waals surface area contributed by atoms with E-state index in [9.17, 15) is 10.2 Å². The minimum Gasteiger partial charge on any atom is -0.389 e. The van der Waals surface area contributed by atoms with E-state index in [1.54, 1.807) is 0 Å². The molecule has 15 heteroatoms. The fourth-order valence-corrected chi connectivity index (χ4v) is 4.19. The molecule has 2 unspecified atom stereocenters. The Kier molecular flexibility index (Phi) is 22.0. The van der Waals surface area contributed by atoms with Gasteiger partial charge >= 0.3 is 10.4 Å². The van der Waals surface area contributed by atoms with E-state index < -0.39 is 22.6 Å². The molecule has 14 nitrogen and oxygen atoms in total. The van der Waals surface area contributed by atoms with E-state index in [0.717, 1.165) is 25.7 Å². The number of guanidine groups is 2. The van der Waals surface area contributed by atoms with Gasteiger partial charge in [0.05, 0.1) is 50.7 Å². The third kappa shape index (κ3) is 29.1. The first kappa shape index (κ1) is 37.2. The Hall–Kier alpha value is -1.75. The van der Waals surface area contributed by atoms with Crippen LogP contribution >= 0.6 is 0 Å². The normalized spacial score (nSPS) is 19.2. The van der Waals surface area contributed by atoms with Gasteiger partial charge in [0.15, 0.2) is 11.9 Å². The summed E-state index contributed by atoms with van der Waals surface area (Å²) in [4.78, 5) is 7.53. The monoisotopic (exact) mass is 584 g/mol. The number of nitrogens with zero attached hydrogens (tertiary/aromatic N) is 2. The zero-order valence-electron chi connectivity index (χ0n) is 23.1. The first-order valence-electron chi connectivity index (χ1n) is 13.8. The number of ether oxygens (including phenoxy) is 2. The Morgan fingerprint density at radius 1 is 0.641 bits per heavy atom. The minimum atomic E-state index is -4.67. The van der Waals surface area contributed by atoms with Gasteiger partial charge in [-0.2, -0.15) is 8.42 Å². The molecule has 0 aromatic rings. The van der Waals surface area contributed by atoms with Crippen molar-refractivity contribution in [3.8, 4) is 0 Å². The largest absolute Gasteiger partial charge is 0.394 e. The molecule has 2 rings (SSSR count). The summed E-state index contributed by atoms with van der Waals surface area (Å²) >= 11 is 0. The van der Waals surface area contributed by atoms with Gasteiger partial charge in [-0.3, -0.25) is 19.1 Å². The number of aliphatic hydroxyl groups excluding tert-OH is 2. The third-order valence-corrected chi connectivity index (χ3v) is 6.12. The summed E-state index contributed by atoms with van der Waals surface area (Å²) in [7, 11) is -4.67. The Morgan fingerprint density at radius 2 is 0.897 bits per heavy atom. The van der Waals surface area contributed by atoms with Gasteiger partial charge < -0.3 is 42.6 Å². The molecule has 0 aromatic heterocycles. The van der Waals surface area contributed by atoms with Crippen LogP contribution in [0.25, 0.3) is 0 Å². The van der Waals surface area contributed by atoms with E-state index in [2.05, 4.69) is 9.98 Å². The van der Waals surface area contributed by atoms with Gasteiger partial charge in [-0.05, 0) is 25.7 Å². The van der Waals surface area contributed by atoms with Gasteiger partial charge in [-0.15, -0.1) is 0 Å². The molecule has 2 saturated carbocycles. The zero-order valence-corrected chi connectivity index (χ0v) is 23.9. The van der Waals surface area contributed by atoms with E-state index in [0.29, 0.717) is 25.4 Å². The van der Waals surface area contributed by atoms with E-state index in [4.69, 9.17) is 49.9 Å². The van der Waals surface area contributed by atoms with E-state index >= 15 is 0 Å². The number of hydrogen-bond donors (Lipinski definition) is 8. The SMILES string of the molecule is NC(N)=NCC(O)COC1CCCCCCC1.NC(N)=NCC(O)COC1CCCCCCC1.O=S(=O)(O)O. The smallest absolute Gasteiger partial charge is 0.389 e. The molecule has 0 spiro atoms. The number of nitrogens with two attached hydrogens (primary N) is 4. The fraction of sp³-hybridized carbons (Fsp3) is 0.917. The van der Waals surface area contributed by atoms with Gasteiger partial charge in [-0.1, -0.05) is 64.2 Å². The topological polar surface area (TPSA) is 262 Å². The van der Waals surface area contributed by atoms with Crippen molar-refractivity contribution in [3.05, 3.63) is 0 Å². The maximum atomic E-state index is 9.61. The fourth-order valence-electron chi connectivity index (χ4n) is 4.19. The summed E-state index contributed by atoms with van der Waals surface area (Å²) in [5.41, 5.74) is 20.8. The van der Waals surface area contributed by atoms with E-state index in [-0.39, 0.29) is 25.0 Å². The Labute approximate surface area is 233 Å². The molecule has 2 atom stereocenters. The summed E-state index contributed by atoms with van der Waals surface area (Å²) in [6, 6.07) is 0. The molecule has 0 heterocycles. The number of rotatable bonds is 10. The molecule has 2 aliphatic rings. The van der Waals surface area contributed by atoms with Gasteiger partial charge in [0.25, 0.3) is 0 Å². The summed E-state index contributed by atoms with van der Waals surface area (Å²) in [6.07, 6.45) is 16.6. The van der Waals surface area contributed by atoms with Crippen LogP contribution in [-0.4, -0.2) is 90.4 Å². The van der Waals surface area contributed by atoms with Crippen molar-refractivity contribution >= 4 is 22.3 Å². The summed E-state index contributed by atoms with van der Waals surface area (Å²) in [5, 5.41) is 19.2. The molecule has 232 valence electrons. The molecular weight excluding hydrogens is 532 g/mol. The lowest BCUT2D eigenvalue weighted by molar-refractivity contribution is -0.0160. The van der Waals surface area contributed by atoms with Crippen LogP contribution in [0.15, 0.2) is 9.98 Å². The van der Waals surface area contributed by atoms with Crippen molar-refractivity contribution in [2.75, 3.05) is 26.3 Å². The van der Waals surface area contributed by atoms with Gasteiger partial charge in [0.2, 0.25) is 0 Å². The van der Waals surface area contributed by atoms with Gasteiger partial charge in [0.1, 0.15) is 0 Å². The van der Waals surface area contributed by atoms with Crippen LogP contribution in [0.1, 0.15) is 89.9 Å². The van der Waals surface area contributed by atoms with Crippen LogP contribution in [0.3, 0.4) is 0 Å². The maximum Gasteiger partial charge on any atom is 0.394 e. The summed E-state index contributed by atoms with van der Waals surface area (Å²) < 4.78 is 43.0. The average Bonchev–Trinajstić information content (AvgIpc) is 2.79. The lowest BCUT2D eigenvalue weighted by Crippen LogP contribution is -2.28. The van der Waals surface area contributed by atoms with E-state index in [1.165, 1.54) is 64.2 Å². The molecule has 0 aromatic carbocycles. The first-order chi connectivity index (χ1) is 18.4. The van der Waals surface area contributed by atoms with Crippen LogP contribution in [0, 0.1) is 0 Å². The third-order valence-electron chi connectivity index (χ3n) is 6.12. The molecule has 2 aliphatic carbocycles. The average molecular weight is 585 g/mol. The highest BCUT2D eigenvalue weighted by Gasteiger charge is 2.15. The standard InChI is InChI=1S/2C12H25N3O2.H2O4S/c2*13-12(14)15-8-10(16)9-17-11-6-4-2-1-3-5-7-11;1-5(2,3)4/h2*10-11,16H,1-9H2,(H4,13,14,15);(H2,1,2,3,4). The van der Waals surface area contributed by atoms with Crippen molar-refractivity contribution < 1.29 is 37.2 Å². The number of hydrogen-bond acceptors (Lipinski definition) is 8. The van der Waals surface area contributed by atoms with Crippen molar-refractivity contribution in [2.45, 2.75) is 114 Å². The van der Waals surface area contributed by atoms with Gasteiger partial charge in [0, 0.05) is 0 Å². The highest BCUT2D eigenvalue weighted by molar-refractivity contribution is 7.79. The molecule has 0 saturated heterocycles. The van der Waals surface area contributed by atoms with Crippen molar-refractivity contribution in [1.29, 1.82) is 0 Å². The van der Waals surface area contributed by atoms with Crippen LogP contribution in [-0.2, 0) is 19.9 Å². The molecule has 12 N–H and O–H groups in total. The molecule has 39 heavy (non-hydrogen) atoms. The second-order valence-electron chi connectivity index (χ2n) is 9.89. The lowest BCUT2D eigenvalue weighted by atomic mass is 9.98. The highest BCUT2D eigenvalue weighted by Crippen LogP contribution is 2.20. The second kappa shape index (κ2) is 23.0. The van der Waals surface area contributed by atoms with Crippen molar-refractivity contribution in [3.63, 3.8) is 0 Å². The first-order valence-corrected chi connectivity index (χ1v) is 15.2. The summed E-state index contributed by atoms with van der Waals surface area (Å²) in [5.74, 6) is 0.0185. The van der Waals surface area contributed by atoms with Crippen LogP contribution < -0.4 is 22.9 Å². The quantitative estimate of drug-likeness (QED) is 0.101. The van der Waals surface area contributed by atoms with Gasteiger partial charge in [-0.25, -0.2) is 0 Å². The van der Waals surface area contributed by atoms with Crippen molar-refractivity contribution in [2.24, 2.45) is 32.9 Å². The molecule has 0 amide bonds. The predicted molar refractivity (Wildman–Crippen MR) is 152 cm³/mol. The Bertz CT molecular complexity index is 692. The second-order valence-corrected chi connectivity index (χ2v) is 10.8. The minimum absolute atomic E-state index is 0.00926. The predicted octanol–water partition coefficient (Wildman–Crippen LogP) is 0.848. The molecule has 0 radical (unpaired) electrons. The Balaban J connectivity index is 0.000000632. The maximum absolute atomic E-state index is 9.61. The lowest BCUT2D eigenvalue weighted by Gasteiger charge is -2.21. The van der Waals surface area contributed by atoms with Crippen LogP contribution in [0.4, 0.5) is 0 Å². The molecule has 0 aliphatic heterocycles. The molecule has 0 bridgehead atoms. The van der Waals surface area contributed by atoms with Crippen LogP contribution in [0.2, 0.25) is 0 Å².